The number of aryl methyl sites for hydroxylation is 2. The maximum Gasteiger partial charge on any atom is 0.270 e. The molecule has 1 amide bonds. The van der Waals surface area contributed by atoms with Crippen molar-refractivity contribution >= 4 is 34.1 Å². The van der Waals surface area contributed by atoms with E-state index < -0.39 is 0 Å². The van der Waals surface area contributed by atoms with Crippen LogP contribution in [0.25, 0.3) is 22.2 Å². The minimum absolute atomic E-state index is 0.124. The van der Waals surface area contributed by atoms with E-state index in [2.05, 4.69) is 31.4 Å². The Morgan fingerprint density at radius 1 is 1.15 bits per heavy atom. The molecule has 3 aromatic rings. The second-order valence-electron chi connectivity index (χ2n) is 6.39. The number of pyridine rings is 1. The molecule has 6 heteroatoms. The van der Waals surface area contributed by atoms with Gasteiger partial charge in [-0.1, -0.05) is 30.3 Å². The fourth-order valence-electron chi connectivity index (χ4n) is 2.88. The van der Waals surface area contributed by atoms with Crippen molar-refractivity contribution in [2.24, 2.45) is 5.73 Å². The normalized spacial score (nSPS) is 10.6. The number of nitrogens with zero attached hydrogens (tertiary/aromatic N) is 2. The number of nitrogens with two attached hydrogens (primary N) is 1. The molecular weight excluding hydrogens is 356 g/mol. The third-order valence-corrected chi connectivity index (χ3v) is 4.80. The minimum Gasteiger partial charge on any atom is -0.375 e. The predicted molar refractivity (Wildman–Crippen MR) is 113 cm³/mol. The Bertz CT molecular complexity index is 1030. The Labute approximate surface area is 164 Å². The molecule has 1 heterocycles. The quantitative estimate of drug-likeness (QED) is 0.537. The third kappa shape index (κ3) is 3.90. The van der Waals surface area contributed by atoms with E-state index in [1.54, 1.807) is 0 Å². The fourth-order valence-corrected chi connectivity index (χ4v) is 3.06. The van der Waals surface area contributed by atoms with Crippen LogP contribution in [0.5, 0.6) is 0 Å². The zero-order chi connectivity index (χ0) is 19.6. The second kappa shape index (κ2) is 7.72. The number of amides is 1. The Kier molecular flexibility index (Phi) is 5.37. The summed E-state index contributed by atoms with van der Waals surface area (Å²) in [6.45, 7) is 6.48. The number of carbonyl (C=O) groups excluding carboxylic acids is 1. The van der Waals surface area contributed by atoms with Crippen molar-refractivity contribution < 1.29 is 4.79 Å². The van der Waals surface area contributed by atoms with Gasteiger partial charge < -0.3 is 5.73 Å². The molecular formula is C21H22N4OS. The molecule has 0 saturated heterocycles. The number of hydrogen-bond donors (Lipinski definition) is 2. The van der Waals surface area contributed by atoms with Crippen LogP contribution >= 0.6 is 12.2 Å². The van der Waals surface area contributed by atoms with Gasteiger partial charge in [-0.15, -0.1) is 0 Å². The van der Waals surface area contributed by atoms with Gasteiger partial charge in [-0.25, -0.2) is 4.98 Å². The highest BCUT2D eigenvalue weighted by Crippen LogP contribution is 2.26. The zero-order valence-electron chi connectivity index (χ0n) is 15.6. The molecule has 0 spiro atoms. The zero-order valence-corrected chi connectivity index (χ0v) is 16.4. The van der Waals surface area contributed by atoms with Gasteiger partial charge in [0.2, 0.25) is 0 Å². The van der Waals surface area contributed by atoms with Crippen molar-refractivity contribution in [1.82, 2.24) is 15.4 Å². The summed E-state index contributed by atoms with van der Waals surface area (Å²) in [5.74, 6) is -0.270. The van der Waals surface area contributed by atoms with E-state index in [1.165, 1.54) is 16.1 Å². The lowest BCUT2D eigenvalue weighted by Gasteiger charge is -2.22. The molecule has 0 radical (unpaired) electrons. The molecule has 1 aromatic heterocycles. The maximum atomic E-state index is 12.9. The van der Waals surface area contributed by atoms with Crippen LogP contribution in [0.15, 0.2) is 48.5 Å². The van der Waals surface area contributed by atoms with Crippen LogP contribution in [0.4, 0.5) is 0 Å². The van der Waals surface area contributed by atoms with Crippen LogP contribution in [0.2, 0.25) is 0 Å². The van der Waals surface area contributed by atoms with E-state index in [0.29, 0.717) is 12.1 Å². The summed E-state index contributed by atoms with van der Waals surface area (Å²) in [6, 6.07) is 15.6. The minimum atomic E-state index is -0.270. The van der Waals surface area contributed by atoms with E-state index in [4.69, 9.17) is 22.9 Å². The number of fused-ring (bicyclic) bond motifs is 1. The summed E-state index contributed by atoms with van der Waals surface area (Å²) in [5, 5.41) is 2.35. The number of hydrogen-bond acceptors (Lipinski definition) is 3. The van der Waals surface area contributed by atoms with Crippen LogP contribution in [0.1, 0.15) is 28.4 Å². The van der Waals surface area contributed by atoms with Gasteiger partial charge in [0.15, 0.2) is 5.11 Å². The van der Waals surface area contributed by atoms with Gasteiger partial charge in [-0.3, -0.25) is 15.2 Å². The smallest absolute Gasteiger partial charge is 0.270 e. The summed E-state index contributed by atoms with van der Waals surface area (Å²) in [6.07, 6.45) is 0. The average Bonchev–Trinajstić information content (AvgIpc) is 2.66. The molecule has 27 heavy (non-hydrogen) atoms. The summed E-state index contributed by atoms with van der Waals surface area (Å²) in [7, 11) is 0. The van der Waals surface area contributed by atoms with Crippen LogP contribution in [-0.4, -0.2) is 27.6 Å². The lowest BCUT2D eigenvalue weighted by atomic mass is 10.0. The SMILES string of the molecule is CCN(NC(=O)c1cc(-c2ccc(C)c(C)c2)nc2ccccc12)C(N)=S. The molecule has 0 atom stereocenters. The Hall–Kier alpha value is -2.99. The molecule has 0 unspecified atom stereocenters. The van der Waals surface area contributed by atoms with Gasteiger partial charge in [0.25, 0.3) is 5.91 Å². The molecule has 2 aromatic carbocycles. The first-order valence-electron chi connectivity index (χ1n) is 8.76. The molecule has 3 rings (SSSR count). The van der Waals surface area contributed by atoms with E-state index >= 15 is 0 Å². The van der Waals surface area contributed by atoms with Gasteiger partial charge in [-0.05, 0) is 62.3 Å². The molecule has 0 aliphatic heterocycles. The molecule has 0 fully saturated rings. The number of carbonyl (C=O) groups is 1. The lowest BCUT2D eigenvalue weighted by Crippen LogP contribution is -2.48. The Balaban J connectivity index is 2.12. The second-order valence-corrected chi connectivity index (χ2v) is 6.81. The van der Waals surface area contributed by atoms with E-state index in [0.717, 1.165) is 22.2 Å². The topological polar surface area (TPSA) is 71.2 Å². The van der Waals surface area contributed by atoms with Crippen molar-refractivity contribution in [3.63, 3.8) is 0 Å². The molecule has 0 aliphatic rings. The first-order valence-corrected chi connectivity index (χ1v) is 9.17. The fraction of sp³-hybridized carbons (Fsp3) is 0.190. The molecule has 0 saturated carbocycles. The van der Waals surface area contributed by atoms with E-state index in [9.17, 15) is 4.79 Å². The van der Waals surface area contributed by atoms with Gasteiger partial charge in [-0.2, -0.15) is 0 Å². The van der Waals surface area contributed by atoms with Gasteiger partial charge in [0.05, 0.1) is 16.8 Å². The van der Waals surface area contributed by atoms with Crippen molar-refractivity contribution in [1.29, 1.82) is 0 Å². The monoisotopic (exact) mass is 378 g/mol. The Morgan fingerprint density at radius 3 is 2.56 bits per heavy atom. The lowest BCUT2D eigenvalue weighted by molar-refractivity contribution is 0.0876. The predicted octanol–water partition coefficient (Wildman–Crippen LogP) is 3.73. The van der Waals surface area contributed by atoms with Crippen LogP contribution < -0.4 is 11.2 Å². The molecule has 0 aliphatic carbocycles. The van der Waals surface area contributed by atoms with E-state index in [1.807, 2.05) is 43.3 Å². The molecule has 5 nitrogen and oxygen atoms in total. The number of hydrazine groups is 1. The van der Waals surface area contributed by atoms with Gasteiger partial charge in [0.1, 0.15) is 0 Å². The summed E-state index contributed by atoms with van der Waals surface area (Å²) >= 11 is 4.99. The van der Waals surface area contributed by atoms with E-state index in [-0.39, 0.29) is 11.0 Å². The summed E-state index contributed by atoms with van der Waals surface area (Å²) < 4.78 is 0. The maximum absolute atomic E-state index is 12.9. The van der Waals surface area contributed by atoms with Crippen LogP contribution in [-0.2, 0) is 0 Å². The first kappa shape index (κ1) is 18.8. The number of rotatable bonds is 3. The first-order chi connectivity index (χ1) is 12.9. The van der Waals surface area contributed by atoms with Crippen molar-refractivity contribution in [2.75, 3.05) is 6.54 Å². The highest BCUT2D eigenvalue weighted by atomic mass is 32.1. The highest BCUT2D eigenvalue weighted by Gasteiger charge is 2.16. The largest absolute Gasteiger partial charge is 0.375 e. The van der Waals surface area contributed by atoms with Crippen molar-refractivity contribution in [3.05, 3.63) is 65.2 Å². The van der Waals surface area contributed by atoms with Crippen molar-refractivity contribution in [3.8, 4) is 11.3 Å². The average molecular weight is 379 g/mol. The molecule has 138 valence electrons. The summed E-state index contributed by atoms with van der Waals surface area (Å²) in [4.78, 5) is 17.7. The van der Waals surface area contributed by atoms with Crippen LogP contribution in [0.3, 0.4) is 0 Å². The Morgan fingerprint density at radius 2 is 1.89 bits per heavy atom. The number of thiocarbonyl (C=S) groups is 1. The standard InChI is InChI=1S/C21H22N4OS/c1-4-25(21(22)27)24-20(26)17-12-19(15-10-9-13(2)14(3)11-15)23-18-8-6-5-7-16(17)18/h5-12H,4H2,1-3H3,(H2,22,27)(H,24,26). The van der Waals surface area contributed by atoms with Crippen molar-refractivity contribution in [2.45, 2.75) is 20.8 Å². The van der Waals surface area contributed by atoms with Crippen LogP contribution in [0, 0.1) is 13.8 Å². The molecule has 0 bridgehead atoms. The van der Waals surface area contributed by atoms with Gasteiger partial charge in [0, 0.05) is 17.5 Å². The number of benzene rings is 2. The number of aromatic nitrogens is 1. The third-order valence-electron chi connectivity index (χ3n) is 4.58. The molecule has 3 N–H and O–H groups in total. The van der Waals surface area contributed by atoms with Gasteiger partial charge >= 0.3 is 0 Å². The summed E-state index contributed by atoms with van der Waals surface area (Å²) in [5.41, 5.74) is 13.9. The number of nitrogens with one attached hydrogen (secondary N) is 1. The highest BCUT2D eigenvalue weighted by molar-refractivity contribution is 7.80. The number of para-hydroxylation sites is 1.